The summed E-state index contributed by atoms with van der Waals surface area (Å²) < 4.78 is 0. The SMILES string of the molecule is CCCC[C@H]1CC[C@H]([C@H]2CC[C@H](Cl)CC2)CC1. The molecule has 2 saturated carbocycles. The minimum Gasteiger partial charge on any atom is -0.123 e. The first-order valence-corrected chi connectivity index (χ1v) is 8.37. The van der Waals surface area contributed by atoms with Gasteiger partial charge >= 0.3 is 0 Å². The zero-order valence-electron chi connectivity index (χ0n) is 11.5. The molecule has 0 radical (unpaired) electrons. The van der Waals surface area contributed by atoms with Crippen molar-refractivity contribution >= 4 is 11.6 Å². The van der Waals surface area contributed by atoms with Gasteiger partial charge in [0.25, 0.3) is 0 Å². The molecule has 17 heavy (non-hydrogen) atoms. The van der Waals surface area contributed by atoms with E-state index in [1.807, 2.05) is 0 Å². The van der Waals surface area contributed by atoms with Gasteiger partial charge in [-0.1, -0.05) is 39.0 Å². The Hall–Kier alpha value is 0.290. The molecule has 0 N–H and O–H groups in total. The Kier molecular flexibility index (Phi) is 5.66. The van der Waals surface area contributed by atoms with Gasteiger partial charge in [-0.05, 0) is 56.3 Å². The fourth-order valence-electron chi connectivity index (χ4n) is 3.99. The maximum Gasteiger partial charge on any atom is 0.0336 e. The smallest absolute Gasteiger partial charge is 0.0336 e. The van der Waals surface area contributed by atoms with Crippen molar-refractivity contribution in [1.82, 2.24) is 0 Å². The summed E-state index contributed by atoms with van der Waals surface area (Å²) in [6, 6.07) is 0. The van der Waals surface area contributed by atoms with Crippen molar-refractivity contribution in [2.24, 2.45) is 17.8 Å². The van der Waals surface area contributed by atoms with Gasteiger partial charge in [-0.25, -0.2) is 0 Å². The number of hydrogen-bond donors (Lipinski definition) is 0. The number of alkyl halides is 1. The van der Waals surface area contributed by atoms with Crippen molar-refractivity contribution in [2.45, 2.75) is 82.9 Å². The second-order valence-electron chi connectivity index (χ2n) is 6.44. The number of hydrogen-bond acceptors (Lipinski definition) is 0. The van der Waals surface area contributed by atoms with Crippen LogP contribution in [-0.2, 0) is 0 Å². The van der Waals surface area contributed by atoms with Crippen LogP contribution < -0.4 is 0 Å². The molecule has 2 aliphatic carbocycles. The molecule has 0 spiro atoms. The van der Waals surface area contributed by atoms with Crippen molar-refractivity contribution in [3.8, 4) is 0 Å². The van der Waals surface area contributed by atoms with Crippen molar-refractivity contribution < 1.29 is 0 Å². The van der Waals surface area contributed by atoms with E-state index in [2.05, 4.69) is 6.92 Å². The normalized spacial score (nSPS) is 39.2. The van der Waals surface area contributed by atoms with E-state index in [-0.39, 0.29) is 0 Å². The Morgan fingerprint density at radius 3 is 1.88 bits per heavy atom. The second kappa shape index (κ2) is 7.02. The van der Waals surface area contributed by atoms with Crippen LogP contribution in [0, 0.1) is 17.8 Å². The highest BCUT2D eigenvalue weighted by atomic mass is 35.5. The van der Waals surface area contributed by atoms with E-state index >= 15 is 0 Å². The summed E-state index contributed by atoms with van der Waals surface area (Å²) in [5.74, 6) is 3.14. The molecule has 0 heterocycles. The molecule has 2 rings (SSSR count). The van der Waals surface area contributed by atoms with E-state index < -0.39 is 0 Å². The van der Waals surface area contributed by atoms with Crippen molar-refractivity contribution in [3.05, 3.63) is 0 Å². The van der Waals surface area contributed by atoms with Crippen LogP contribution in [0.2, 0.25) is 0 Å². The van der Waals surface area contributed by atoms with Gasteiger partial charge in [-0.15, -0.1) is 11.6 Å². The van der Waals surface area contributed by atoms with Crippen LogP contribution in [0.25, 0.3) is 0 Å². The van der Waals surface area contributed by atoms with Gasteiger partial charge in [0.15, 0.2) is 0 Å². The molecule has 2 aliphatic rings. The molecule has 2 fully saturated rings. The molecule has 0 nitrogen and oxygen atoms in total. The van der Waals surface area contributed by atoms with Gasteiger partial charge in [0, 0.05) is 5.38 Å². The Morgan fingerprint density at radius 1 is 0.824 bits per heavy atom. The van der Waals surface area contributed by atoms with Crippen LogP contribution in [0.1, 0.15) is 77.6 Å². The minimum atomic E-state index is 0.493. The lowest BCUT2D eigenvalue weighted by atomic mass is 9.70. The fourth-order valence-corrected chi connectivity index (χ4v) is 4.24. The lowest BCUT2D eigenvalue weighted by molar-refractivity contribution is 0.163. The topological polar surface area (TPSA) is 0 Å². The highest BCUT2D eigenvalue weighted by Gasteiger charge is 2.29. The average Bonchev–Trinajstić information content (AvgIpc) is 2.38. The maximum absolute atomic E-state index is 6.20. The molecule has 0 saturated heterocycles. The maximum atomic E-state index is 6.20. The molecule has 0 unspecified atom stereocenters. The predicted octanol–water partition coefficient (Wildman–Crippen LogP) is 5.78. The van der Waals surface area contributed by atoms with Crippen LogP contribution in [-0.4, -0.2) is 5.38 Å². The van der Waals surface area contributed by atoms with Gasteiger partial charge in [-0.2, -0.15) is 0 Å². The zero-order chi connectivity index (χ0) is 12.1. The third-order valence-electron chi connectivity index (χ3n) is 5.23. The second-order valence-corrected chi connectivity index (χ2v) is 7.05. The Bertz CT molecular complexity index is 198. The average molecular weight is 257 g/mol. The van der Waals surface area contributed by atoms with Gasteiger partial charge in [-0.3, -0.25) is 0 Å². The number of rotatable bonds is 4. The first-order valence-electron chi connectivity index (χ1n) is 7.93. The van der Waals surface area contributed by atoms with Crippen LogP contribution in [0.4, 0.5) is 0 Å². The minimum absolute atomic E-state index is 0.493. The molecule has 0 aromatic rings. The Balaban J connectivity index is 1.68. The monoisotopic (exact) mass is 256 g/mol. The molecule has 0 bridgehead atoms. The van der Waals surface area contributed by atoms with E-state index in [4.69, 9.17) is 11.6 Å². The summed E-state index contributed by atoms with van der Waals surface area (Å²) in [7, 11) is 0. The summed E-state index contributed by atoms with van der Waals surface area (Å²) in [5.41, 5.74) is 0. The van der Waals surface area contributed by atoms with Gasteiger partial charge in [0.2, 0.25) is 0 Å². The van der Waals surface area contributed by atoms with Gasteiger partial charge in [0.1, 0.15) is 0 Å². The van der Waals surface area contributed by atoms with Crippen LogP contribution >= 0.6 is 11.6 Å². The van der Waals surface area contributed by atoms with Gasteiger partial charge in [0.05, 0.1) is 0 Å². The van der Waals surface area contributed by atoms with E-state index in [0.717, 1.165) is 17.8 Å². The lowest BCUT2D eigenvalue weighted by Gasteiger charge is -2.36. The molecule has 1 heteroatoms. The zero-order valence-corrected chi connectivity index (χ0v) is 12.2. The highest BCUT2D eigenvalue weighted by molar-refractivity contribution is 6.20. The standard InChI is InChI=1S/C16H29Cl/c1-2-3-4-13-5-7-14(8-6-13)15-9-11-16(17)12-10-15/h13-16H,2-12H2,1H3/t13-,14-,15-,16-. The quantitative estimate of drug-likeness (QED) is 0.559. The third-order valence-corrected chi connectivity index (χ3v) is 5.66. The van der Waals surface area contributed by atoms with Crippen LogP contribution in [0.15, 0.2) is 0 Å². The molecule has 100 valence electrons. The molecule has 0 atom stereocenters. The largest absolute Gasteiger partial charge is 0.123 e. The van der Waals surface area contributed by atoms with Crippen LogP contribution in [0.3, 0.4) is 0 Å². The first kappa shape index (κ1) is 13.7. The summed E-state index contributed by atoms with van der Waals surface area (Å²) >= 11 is 6.20. The van der Waals surface area contributed by atoms with Crippen molar-refractivity contribution in [2.75, 3.05) is 0 Å². The molecule has 0 aromatic carbocycles. The summed E-state index contributed by atoms with van der Waals surface area (Å²) in [5, 5.41) is 0.493. The summed E-state index contributed by atoms with van der Waals surface area (Å²) in [6.07, 6.45) is 15.8. The molecule has 0 aliphatic heterocycles. The predicted molar refractivity (Wildman–Crippen MR) is 76.6 cm³/mol. The van der Waals surface area contributed by atoms with Crippen LogP contribution in [0.5, 0.6) is 0 Å². The first-order chi connectivity index (χ1) is 8.29. The Labute approximate surface area is 113 Å². The van der Waals surface area contributed by atoms with E-state index in [1.165, 1.54) is 70.6 Å². The third kappa shape index (κ3) is 4.16. The van der Waals surface area contributed by atoms with E-state index in [1.54, 1.807) is 0 Å². The summed E-state index contributed by atoms with van der Waals surface area (Å²) in [4.78, 5) is 0. The highest BCUT2D eigenvalue weighted by Crippen LogP contribution is 2.41. The number of unbranched alkanes of at least 4 members (excludes halogenated alkanes) is 1. The molecular formula is C16H29Cl. The lowest BCUT2D eigenvalue weighted by Crippen LogP contribution is -2.26. The molecular weight excluding hydrogens is 228 g/mol. The molecule has 0 amide bonds. The van der Waals surface area contributed by atoms with Crippen molar-refractivity contribution in [1.29, 1.82) is 0 Å². The van der Waals surface area contributed by atoms with E-state index in [0.29, 0.717) is 5.38 Å². The van der Waals surface area contributed by atoms with Gasteiger partial charge < -0.3 is 0 Å². The van der Waals surface area contributed by atoms with E-state index in [9.17, 15) is 0 Å². The summed E-state index contributed by atoms with van der Waals surface area (Å²) in [6.45, 7) is 2.32. The Morgan fingerprint density at radius 2 is 1.35 bits per heavy atom. The van der Waals surface area contributed by atoms with Crippen molar-refractivity contribution in [3.63, 3.8) is 0 Å². The molecule has 0 aromatic heterocycles. The number of halogens is 1. The fraction of sp³-hybridized carbons (Fsp3) is 1.00.